The molecule has 0 bridgehead atoms. The summed E-state index contributed by atoms with van der Waals surface area (Å²) in [6.07, 6.45) is 1.80. The summed E-state index contributed by atoms with van der Waals surface area (Å²) in [4.78, 5) is 13.1. The maximum Gasteiger partial charge on any atom is 0.308 e. The fourth-order valence-electron chi connectivity index (χ4n) is 2.32. The lowest BCUT2D eigenvalue weighted by atomic mass is 10.1. The third-order valence-electron chi connectivity index (χ3n) is 3.37. The van der Waals surface area contributed by atoms with Crippen molar-refractivity contribution in [2.75, 3.05) is 18.0 Å². The lowest BCUT2D eigenvalue weighted by Crippen LogP contribution is -2.32. The molecule has 0 saturated carbocycles. The molecule has 2 aromatic rings. The second-order valence-electron chi connectivity index (χ2n) is 4.93. The molecule has 1 unspecified atom stereocenters. The number of benzene rings is 2. The van der Waals surface area contributed by atoms with Crippen molar-refractivity contribution in [1.29, 1.82) is 0 Å². The number of rotatable bonds is 6. The van der Waals surface area contributed by atoms with E-state index in [4.69, 9.17) is 5.11 Å². The Labute approximate surface area is 119 Å². The minimum absolute atomic E-state index is 0.422. The normalized spacial score (nSPS) is 12.1. The maximum atomic E-state index is 11.1. The van der Waals surface area contributed by atoms with E-state index in [9.17, 15) is 4.79 Å². The van der Waals surface area contributed by atoms with E-state index in [2.05, 4.69) is 29.7 Å². The number of aliphatic carboxylic acids is 1. The van der Waals surface area contributed by atoms with Crippen LogP contribution in [0.1, 0.15) is 6.92 Å². The van der Waals surface area contributed by atoms with Crippen LogP contribution in [0.4, 0.5) is 5.69 Å². The molecule has 0 fully saturated rings. The average molecular weight is 269 g/mol. The standard InChI is InChI=1S/C17H19NO2/c1-3-11-18(12-13(2)17(19)20)16-10-6-8-14-7-4-5-9-15(14)16/h3-10,13H,1,11-12H2,2H3,(H,19,20). The smallest absolute Gasteiger partial charge is 0.308 e. The summed E-state index contributed by atoms with van der Waals surface area (Å²) in [6.45, 7) is 6.59. The van der Waals surface area contributed by atoms with Crippen LogP contribution < -0.4 is 4.90 Å². The topological polar surface area (TPSA) is 40.5 Å². The molecule has 0 amide bonds. The van der Waals surface area contributed by atoms with E-state index in [1.54, 1.807) is 13.0 Å². The van der Waals surface area contributed by atoms with Crippen LogP contribution in [-0.2, 0) is 4.79 Å². The fraction of sp³-hybridized carbons (Fsp3) is 0.235. The monoisotopic (exact) mass is 269 g/mol. The zero-order valence-electron chi connectivity index (χ0n) is 11.6. The molecule has 20 heavy (non-hydrogen) atoms. The molecule has 2 rings (SSSR count). The van der Waals surface area contributed by atoms with Crippen LogP contribution in [-0.4, -0.2) is 24.2 Å². The van der Waals surface area contributed by atoms with Crippen LogP contribution in [0.25, 0.3) is 10.8 Å². The van der Waals surface area contributed by atoms with E-state index < -0.39 is 11.9 Å². The summed E-state index contributed by atoms with van der Waals surface area (Å²) >= 11 is 0. The van der Waals surface area contributed by atoms with E-state index in [1.807, 2.05) is 24.3 Å². The number of carboxylic acids is 1. The first-order valence-corrected chi connectivity index (χ1v) is 6.70. The average Bonchev–Trinajstić information content (AvgIpc) is 2.46. The van der Waals surface area contributed by atoms with Crippen molar-refractivity contribution in [3.05, 3.63) is 55.1 Å². The van der Waals surface area contributed by atoms with Crippen molar-refractivity contribution in [3.63, 3.8) is 0 Å². The number of hydrogen-bond acceptors (Lipinski definition) is 2. The van der Waals surface area contributed by atoms with Crippen molar-refractivity contribution >= 4 is 22.4 Å². The Hall–Kier alpha value is -2.29. The van der Waals surface area contributed by atoms with Gasteiger partial charge in [-0.3, -0.25) is 4.79 Å². The zero-order valence-corrected chi connectivity index (χ0v) is 11.6. The first-order valence-electron chi connectivity index (χ1n) is 6.70. The first-order chi connectivity index (χ1) is 9.63. The van der Waals surface area contributed by atoms with Gasteiger partial charge in [-0.15, -0.1) is 6.58 Å². The minimum atomic E-state index is -0.778. The van der Waals surface area contributed by atoms with Gasteiger partial charge in [-0.2, -0.15) is 0 Å². The number of carboxylic acid groups (broad SMARTS) is 1. The van der Waals surface area contributed by atoms with Crippen molar-refractivity contribution in [2.24, 2.45) is 5.92 Å². The predicted octanol–water partition coefficient (Wildman–Crippen LogP) is 3.55. The van der Waals surface area contributed by atoms with Crippen LogP contribution in [0.15, 0.2) is 55.1 Å². The van der Waals surface area contributed by atoms with Crippen molar-refractivity contribution in [3.8, 4) is 0 Å². The molecule has 0 saturated heterocycles. The van der Waals surface area contributed by atoms with Gasteiger partial charge in [-0.25, -0.2) is 0 Å². The van der Waals surface area contributed by atoms with Gasteiger partial charge in [0.15, 0.2) is 0 Å². The van der Waals surface area contributed by atoms with Gasteiger partial charge in [0.2, 0.25) is 0 Å². The highest BCUT2D eigenvalue weighted by atomic mass is 16.4. The highest BCUT2D eigenvalue weighted by Crippen LogP contribution is 2.27. The molecule has 0 aromatic heterocycles. The summed E-state index contributed by atoms with van der Waals surface area (Å²) in [5.41, 5.74) is 1.05. The Balaban J connectivity index is 2.41. The lowest BCUT2D eigenvalue weighted by Gasteiger charge is -2.26. The van der Waals surface area contributed by atoms with Crippen LogP contribution >= 0.6 is 0 Å². The molecular weight excluding hydrogens is 250 g/mol. The molecule has 0 aliphatic heterocycles. The van der Waals surface area contributed by atoms with Crippen molar-refractivity contribution < 1.29 is 9.90 Å². The quantitative estimate of drug-likeness (QED) is 0.815. The summed E-state index contributed by atoms with van der Waals surface area (Å²) < 4.78 is 0. The van der Waals surface area contributed by atoms with Crippen molar-refractivity contribution in [2.45, 2.75) is 6.92 Å². The van der Waals surface area contributed by atoms with Gasteiger partial charge >= 0.3 is 5.97 Å². The second-order valence-corrected chi connectivity index (χ2v) is 4.93. The predicted molar refractivity (Wildman–Crippen MR) is 83.2 cm³/mol. The Kier molecular flexibility index (Phi) is 4.41. The summed E-state index contributed by atoms with van der Waals surface area (Å²) in [7, 11) is 0. The number of anilines is 1. The number of fused-ring (bicyclic) bond motifs is 1. The van der Waals surface area contributed by atoms with Crippen LogP contribution in [0.5, 0.6) is 0 Å². The van der Waals surface area contributed by atoms with Gasteiger partial charge in [0.1, 0.15) is 0 Å². The Morgan fingerprint density at radius 3 is 2.70 bits per heavy atom. The minimum Gasteiger partial charge on any atom is -0.481 e. The summed E-state index contributed by atoms with van der Waals surface area (Å²) in [5, 5.41) is 11.4. The van der Waals surface area contributed by atoms with Gasteiger partial charge in [0.25, 0.3) is 0 Å². The van der Waals surface area contributed by atoms with Crippen LogP contribution in [0, 0.1) is 5.92 Å². The lowest BCUT2D eigenvalue weighted by molar-refractivity contribution is -0.140. The zero-order chi connectivity index (χ0) is 14.5. The molecule has 3 nitrogen and oxygen atoms in total. The SMILES string of the molecule is C=CCN(CC(C)C(=O)O)c1cccc2ccccc12. The van der Waals surface area contributed by atoms with Gasteiger partial charge in [0, 0.05) is 24.2 Å². The molecule has 1 atom stereocenters. The van der Waals surface area contributed by atoms with E-state index in [0.29, 0.717) is 13.1 Å². The Bertz CT molecular complexity index is 616. The van der Waals surface area contributed by atoms with E-state index in [1.165, 1.54) is 0 Å². The van der Waals surface area contributed by atoms with E-state index >= 15 is 0 Å². The second kappa shape index (κ2) is 6.24. The highest BCUT2D eigenvalue weighted by Gasteiger charge is 2.17. The molecule has 0 aliphatic carbocycles. The molecule has 2 aromatic carbocycles. The molecule has 0 heterocycles. The molecule has 0 radical (unpaired) electrons. The number of carbonyl (C=O) groups is 1. The molecule has 104 valence electrons. The summed E-state index contributed by atoms with van der Waals surface area (Å²) in [5.74, 6) is -1.20. The molecular formula is C17H19NO2. The third-order valence-corrected chi connectivity index (χ3v) is 3.37. The molecule has 0 spiro atoms. The van der Waals surface area contributed by atoms with Crippen LogP contribution in [0.3, 0.4) is 0 Å². The third kappa shape index (κ3) is 2.99. The molecule has 1 N–H and O–H groups in total. The highest BCUT2D eigenvalue weighted by molar-refractivity contribution is 5.94. The summed E-state index contributed by atoms with van der Waals surface area (Å²) in [6, 6.07) is 14.2. The Morgan fingerprint density at radius 2 is 2.00 bits per heavy atom. The largest absolute Gasteiger partial charge is 0.481 e. The first kappa shape index (κ1) is 14.1. The molecule has 0 aliphatic rings. The number of hydrogen-bond donors (Lipinski definition) is 1. The Morgan fingerprint density at radius 1 is 1.30 bits per heavy atom. The van der Waals surface area contributed by atoms with Gasteiger partial charge in [-0.05, 0) is 11.5 Å². The number of nitrogens with zero attached hydrogens (tertiary/aromatic N) is 1. The van der Waals surface area contributed by atoms with Gasteiger partial charge in [-0.1, -0.05) is 49.4 Å². The van der Waals surface area contributed by atoms with Crippen molar-refractivity contribution in [1.82, 2.24) is 0 Å². The van der Waals surface area contributed by atoms with Gasteiger partial charge in [0.05, 0.1) is 5.92 Å². The van der Waals surface area contributed by atoms with E-state index in [-0.39, 0.29) is 0 Å². The van der Waals surface area contributed by atoms with E-state index in [0.717, 1.165) is 16.5 Å². The maximum absolute atomic E-state index is 11.1. The molecule has 3 heteroatoms. The van der Waals surface area contributed by atoms with Crippen LogP contribution in [0.2, 0.25) is 0 Å². The van der Waals surface area contributed by atoms with Gasteiger partial charge < -0.3 is 10.0 Å². The fourth-order valence-corrected chi connectivity index (χ4v) is 2.32.